The van der Waals surface area contributed by atoms with E-state index in [4.69, 9.17) is 9.47 Å². The molecule has 7 heteroatoms. The Bertz CT molecular complexity index is 737. The summed E-state index contributed by atoms with van der Waals surface area (Å²) >= 11 is 1.49. The van der Waals surface area contributed by atoms with Crippen LogP contribution in [0.4, 0.5) is 0 Å². The molecule has 0 amide bonds. The first kappa shape index (κ1) is 14.0. The lowest BCUT2D eigenvalue weighted by molar-refractivity contribution is 0.200. The number of benzene rings is 1. The van der Waals surface area contributed by atoms with Crippen molar-refractivity contribution in [1.29, 1.82) is 0 Å². The van der Waals surface area contributed by atoms with Gasteiger partial charge in [-0.25, -0.2) is 0 Å². The predicted octanol–water partition coefficient (Wildman–Crippen LogP) is 2.26. The standard InChI is InChI=1S/C14H16N4O2S/c1-10-4-3-5-11(8-10)20-9-13-17-18-12(6-7-19-2)15-16-14(18)21-13/h3-5,8H,6-7,9H2,1-2H3. The molecule has 1 aromatic carbocycles. The van der Waals surface area contributed by atoms with Crippen LogP contribution in [0.1, 0.15) is 16.4 Å². The van der Waals surface area contributed by atoms with Crippen molar-refractivity contribution in [2.45, 2.75) is 20.0 Å². The summed E-state index contributed by atoms with van der Waals surface area (Å²) in [4.78, 5) is 0.781. The van der Waals surface area contributed by atoms with Crippen molar-refractivity contribution in [3.63, 3.8) is 0 Å². The lowest BCUT2D eigenvalue weighted by Crippen LogP contribution is -2.02. The first-order chi connectivity index (χ1) is 10.3. The lowest BCUT2D eigenvalue weighted by atomic mass is 10.2. The first-order valence-electron chi connectivity index (χ1n) is 6.64. The average Bonchev–Trinajstić information content (AvgIpc) is 3.03. The normalized spacial score (nSPS) is 11.1. The van der Waals surface area contributed by atoms with E-state index in [0.29, 0.717) is 19.6 Å². The number of ether oxygens (including phenoxy) is 2. The molecule has 0 saturated heterocycles. The maximum atomic E-state index is 5.75. The first-order valence-corrected chi connectivity index (χ1v) is 7.46. The number of aryl methyl sites for hydroxylation is 1. The highest BCUT2D eigenvalue weighted by Crippen LogP contribution is 2.18. The Morgan fingerprint density at radius 2 is 2.19 bits per heavy atom. The van der Waals surface area contributed by atoms with E-state index in [0.717, 1.165) is 21.5 Å². The predicted molar refractivity (Wildman–Crippen MR) is 79.8 cm³/mol. The summed E-state index contributed by atoms with van der Waals surface area (Å²) in [6.45, 7) is 3.08. The van der Waals surface area contributed by atoms with Crippen LogP contribution in [0.2, 0.25) is 0 Å². The third kappa shape index (κ3) is 3.20. The van der Waals surface area contributed by atoms with Gasteiger partial charge in [-0.2, -0.15) is 9.61 Å². The molecule has 0 N–H and O–H groups in total. The minimum atomic E-state index is 0.432. The molecule has 6 nitrogen and oxygen atoms in total. The van der Waals surface area contributed by atoms with E-state index in [-0.39, 0.29) is 0 Å². The van der Waals surface area contributed by atoms with Crippen molar-refractivity contribution < 1.29 is 9.47 Å². The zero-order valence-electron chi connectivity index (χ0n) is 11.9. The Labute approximate surface area is 126 Å². The van der Waals surface area contributed by atoms with E-state index in [2.05, 4.69) is 15.3 Å². The van der Waals surface area contributed by atoms with Crippen LogP contribution in [-0.4, -0.2) is 33.5 Å². The third-order valence-corrected chi connectivity index (χ3v) is 3.85. The van der Waals surface area contributed by atoms with Gasteiger partial charge in [0.2, 0.25) is 4.96 Å². The number of fused-ring (bicyclic) bond motifs is 1. The molecule has 2 aromatic heterocycles. The Morgan fingerprint density at radius 3 is 3.00 bits per heavy atom. The third-order valence-electron chi connectivity index (χ3n) is 2.98. The van der Waals surface area contributed by atoms with Crippen LogP contribution >= 0.6 is 11.3 Å². The number of methoxy groups -OCH3 is 1. The number of hydrogen-bond donors (Lipinski definition) is 0. The van der Waals surface area contributed by atoms with Crippen LogP contribution < -0.4 is 4.74 Å². The number of rotatable bonds is 6. The molecule has 3 rings (SSSR count). The van der Waals surface area contributed by atoms with Crippen LogP contribution in [-0.2, 0) is 17.8 Å². The largest absolute Gasteiger partial charge is 0.486 e. The number of hydrogen-bond acceptors (Lipinski definition) is 6. The van der Waals surface area contributed by atoms with E-state index >= 15 is 0 Å². The maximum Gasteiger partial charge on any atom is 0.234 e. The molecular formula is C14H16N4O2S. The van der Waals surface area contributed by atoms with Crippen molar-refractivity contribution in [2.75, 3.05) is 13.7 Å². The van der Waals surface area contributed by atoms with Gasteiger partial charge >= 0.3 is 0 Å². The molecule has 21 heavy (non-hydrogen) atoms. The fraction of sp³-hybridized carbons (Fsp3) is 0.357. The van der Waals surface area contributed by atoms with E-state index in [9.17, 15) is 0 Å². The number of nitrogens with zero attached hydrogens (tertiary/aromatic N) is 4. The topological polar surface area (TPSA) is 61.5 Å². The summed E-state index contributed by atoms with van der Waals surface area (Å²) in [7, 11) is 1.67. The van der Waals surface area contributed by atoms with Gasteiger partial charge in [0.1, 0.15) is 12.4 Å². The molecule has 0 aliphatic heterocycles. The van der Waals surface area contributed by atoms with E-state index in [1.807, 2.05) is 31.2 Å². The van der Waals surface area contributed by atoms with Gasteiger partial charge in [-0.05, 0) is 24.6 Å². The van der Waals surface area contributed by atoms with Crippen molar-refractivity contribution >= 4 is 16.3 Å². The Hall–Kier alpha value is -1.99. The second-order valence-corrected chi connectivity index (χ2v) is 5.69. The lowest BCUT2D eigenvalue weighted by Gasteiger charge is -2.03. The van der Waals surface area contributed by atoms with Gasteiger partial charge in [-0.1, -0.05) is 23.5 Å². The van der Waals surface area contributed by atoms with E-state index in [1.54, 1.807) is 11.6 Å². The highest BCUT2D eigenvalue weighted by Gasteiger charge is 2.11. The summed E-state index contributed by atoms with van der Waals surface area (Å²) in [6, 6.07) is 7.96. The highest BCUT2D eigenvalue weighted by molar-refractivity contribution is 7.16. The second-order valence-electron chi connectivity index (χ2n) is 4.65. The second kappa shape index (κ2) is 6.19. The van der Waals surface area contributed by atoms with Crippen LogP contribution in [0.25, 0.3) is 4.96 Å². The summed E-state index contributed by atoms with van der Waals surface area (Å²) < 4.78 is 12.6. The monoisotopic (exact) mass is 304 g/mol. The molecule has 0 fully saturated rings. The molecule has 0 bridgehead atoms. The summed E-state index contributed by atoms with van der Waals surface area (Å²) in [5.41, 5.74) is 1.17. The van der Waals surface area contributed by atoms with Gasteiger partial charge in [0.15, 0.2) is 10.8 Å². The molecule has 0 saturated carbocycles. The molecule has 0 radical (unpaired) electrons. The van der Waals surface area contributed by atoms with Crippen LogP contribution in [0.15, 0.2) is 24.3 Å². The van der Waals surface area contributed by atoms with E-state index < -0.39 is 0 Å². The van der Waals surface area contributed by atoms with Gasteiger partial charge in [0, 0.05) is 13.5 Å². The summed E-state index contributed by atoms with van der Waals surface area (Å²) in [5, 5.41) is 13.6. The SMILES string of the molecule is COCCc1nnc2sc(COc3cccc(C)c3)nn12. The van der Waals surface area contributed by atoms with Gasteiger partial charge in [-0.3, -0.25) is 0 Å². The zero-order chi connectivity index (χ0) is 14.7. The van der Waals surface area contributed by atoms with Gasteiger partial charge in [0.05, 0.1) is 6.61 Å². The van der Waals surface area contributed by atoms with Gasteiger partial charge < -0.3 is 9.47 Å². The van der Waals surface area contributed by atoms with Gasteiger partial charge in [-0.15, -0.1) is 10.2 Å². The van der Waals surface area contributed by atoms with Crippen molar-refractivity contribution in [1.82, 2.24) is 19.8 Å². The molecule has 2 heterocycles. The van der Waals surface area contributed by atoms with Crippen LogP contribution in [0.5, 0.6) is 5.75 Å². The smallest absolute Gasteiger partial charge is 0.234 e. The van der Waals surface area contributed by atoms with Crippen LogP contribution in [0.3, 0.4) is 0 Å². The van der Waals surface area contributed by atoms with Crippen molar-refractivity contribution in [3.05, 3.63) is 40.7 Å². The maximum absolute atomic E-state index is 5.75. The quantitative estimate of drug-likeness (QED) is 0.699. The number of aromatic nitrogens is 4. The molecule has 3 aromatic rings. The summed E-state index contributed by atoms with van der Waals surface area (Å²) in [5.74, 6) is 1.66. The highest BCUT2D eigenvalue weighted by atomic mass is 32.1. The molecule has 110 valence electrons. The Kier molecular flexibility index (Phi) is 4.12. The zero-order valence-corrected chi connectivity index (χ0v) is 12.8. The molecular weight excluding hydrogens is 288 g/mol. The molecule has 0 atom stereocenters. The fourth-order valence-electron chi connectivity index (χ4n) is 1.95. The van der Waals surface area contributed by atoms with E-state index in [1.165, 1.54) is 16.9 Å². The van der Waals surface area contributed by atoms with Crippen molar-refractivity contribution in [3.8, 4) is 5.75 Å². The Balaban J connectivity index is 1.71. The van der Waals surface area contributed by atoms with Crippen LogP contribution in [0, 0.1) is 6.92 Å². The molecule has 0 aliphatic carbocycles. The minimum Gasteiger partial charge on any atom is -0.486 e. The van der Waals surface area contributed by atoms with Gasteiger partial charge in [0.25, 0.3) is 0 Å². The summed E-state index contributed by atoms with van der Waals surface area (Å²) in [6.07, 6.45) is 0.694. The van der Waals surface area contributed by atoms with Crippen molar-refractivity contribution in [2.24, 2.45) is 0 Å². The minimum absolute atomic E-state index is 0.432. The average molecular weight is 304 g/mol. The Morgan fingerprint density at radius 1 is 1.29 bits per heavy atom. The molecule has 0 aliphatic rings. The molecule has 0 unspecified atom stereocenters. The fourth-order valence-corrected chi connectivity index (χ4v) is 2.72. The molecule has 0 spiro atoms.